The van der Waals surface area contributed by atoms with E-state index >= 15 is 0 Å². The predicted molar refractivity (Wildman–Crippen MR) is 104 cm³/mol. The molecule has 1 aromatic heterocycles. The monoisotopic (exact) mass is 366 g/mol. The molecule has 2 aromatic carbocycles. The molecular formula is C21H19ClN2O2. The number of alkyl halides is 1. The number of nitrogens with zero attached hydrogens (tertiary/aromatic N) is 1. The number of aromatic nitrogens is 1. The number of benzene rings is 2. The molecule has 0 spiro atoms. The number of halogens is 1. The highest BCUT2D eigenvalue weighted by Crippen LogP contribution is 2.37. The van der Waals surface area contributed by atoms with E-state index in [2.05, 4.69) is 10.3 Å². The number of carbonyl (C=O) groups is 1. The van der Waals surface area contributed by atoms with Gasteiger partial charge in [-0.15, -0.1) is 11.6 Å². The van der Waals surface area contributed by atoms with Crippen molar-refractivity contribution in [2.24, 2.45) is 0 Å². The number of nitrogens with one attached hydrogen (secondary N) is 1. The summed E-state index contributed by atoms with van der Waals surface area (Å²) in [6, 6.07) is 22.9. The van der Waals surface area contributed by atoms with E-state index in [4.69, 9.17) is 16.3 Å². The summed E-state index contributed by atoms with van der Waals surface area (Å²) in [6.45, 7) is 0. The Kier molecular flexibility index (Phi) is 6.23. The zero-order chi connectivity index (χ0) is 18.2. The number of rotatable bonds is 3. The number of hydrogen-bond donors (Lipinski definition) is 1. The summed E-state index contributed by atoms with van der Waals surface area (Å²) in [4.78, 5) is 15.8. The minimum absolute atomic E-state index is 0.0577. The van der Waals surface area contributed by atoms with Crippen molar-refractivity contribution in [1.82, 2.24) is 4.98 Å². The molecule has 2 atom stereocenters. The van der Waals surface area contributed by atoms with Gasteiger partial charge in [-0.2, -0.15) is 0 Å². The van der Waals surface area contributed by atoms with Gasteiger partial charge in [0, 0.05) is 12.4 Å². The number of carbonyl (C=O) groups excluding carboxylic acids is 1. The lowest BCUT2D eigenvalue weighted by molar-refractivity contribution is -0.124. The lowest BCUT2D eigenvalue weighted by Crippen LogP contribution is -2.41. The Bertz CT molecular complexity index is 801. The Morgan fingerprint density at radius 3 is 2.23 bits per heavy atom. The largest absolute Gasteiger partial charge is 0.478 e. The minimum atomic E-state index is -0.607. The van der Waals surface area contributed by atoms with Crippen molar-refractivity contribution < 1.29 is 9.53 Å². The lowest BCUT2D eigenvalue weighted by atomic mass is 9.96. The van der Waals surface area contributed by atoms with Crippen LogP contribution in [0.2, 0.25) is 0 Å². The number of para-hydroxylation sites is 2. The number of fused-ring (bicyclic) bond motifs is 1. The van der Waals surface area contributed by atoms with Crippen LogP contribution in [0.4, 0.5) is 5.69 Å². The van der Waals surface area contributed by atoms with E-state index in [9.17, 15) is 4.79 Å². The molecule has 5 heteroatoms. The summed E-state index contributed by atoms with van der Waals surface area (Å²) in [6.07, 6.45) is 2.89. The summed E-state index contributed by atoms with van der Waals surface area (Å²) in [7, 11) is 0. The van der Waals surface area contributed by atoms with Gasteiger partial charge in [0.15, 0.2) is 11.9 Å². The molecule has 0 fully saturated rings. The maximum Gasteiger partial charge on any atom is 0.190 e. The van der Waals surface area contributed by atoms with E-state index < -0.39 is 6.10 Å². The Balaban J connectivity index is 0.000000278. The SMILES string of the molecule is O=C(CCl)C1Oc2ccccc2NC1c1ccccc1.c1ccncc1. The molecule has 0 radical (unpaired) electrons. The first-order chi connectivity index (χ1) is 12.8. The average Bonchev–Trinajstić information content (AvgIpc) is 2.74. The van der Waals surface area contributed by atoms with E-state index in [0.717, 1.165) is 11.3 Å². The van der Waals surface area contributed by atoms with Crippen molar-refractivity contribution in [2.75, 3.05) is 11.2 Å². The Hall–Kier alpha value is -2.85. The molecule has 26 heavy (non-hydrogen) atoms. The van der Waals surface area contributed by atoms with Crippen molar-refractivity contribution in [3.05, 3.63) is 90.8 Å². The average molecular weight is 367 g/mol. The standard InChI is InChI=1S/C16H14ClNO2.C5H5N/c17-10-13(19)16-15(11-6-2-1-3-7-11)18-12-8-4-5-9-14(12)20-16;1-2-4-6-5-3-1/h1-9,15-16,18H,10H2;1-5H. The minimum Gasteiger partial charge on any atom is -0.478 e. The number of ketones is 1. The summed E-state index contributed by atoms with van der Waals surface area (Å²) < 4.78 is 5.86. The molecule has 1 aliphatic heterocycles. The second-order valence-electron chi connectivity index (χ2n) is 5.69. The molecule has 2 heterocycles. The number of anilines is 1. The molecule has 0 aliphatic carbocycles. The van der Waals surface area contributed by atoms with E-state index in [0.29, 0.717) is 5.75 Å². The molecule has 0 saturated heterocycles. The van der Waals surface area contributed by atoms with Crippen molar-refractivity contribution in [3.8, 4) is 5.75 Å². The number of pyridine rings is 1. The smallest absolute Gasteiger partial charge is 0.190 e. The topological polar surface area (TPSA) is 51.2 Å². The van der Waals surface area contributed by atoms with Crippen LogP contribution >= 0.6 is 11.6 Å². The highest BCUT2D eigenvalue weighted by atomic mass is 35.5. The van der Waals surface area contributed by atoms with Gasteiger partial charge in [0.05, 0.1) is 17.6 Å². The van der Waals surface area contributed by atoms with Crippen LogP contribution in [0.5, 0.6) is 5.75 Å². The summed E-state index contributed by atoms with van der Waals surface area (Å²) in [5, 5.41) is 3.37. The maximum absolute atomic E-state index is 12.1. The van der Waals surface area contributed by atoms with Gasteiger partial charge >= 0.3 is 0 Å². The molecule has 1 N–H and O–H groups in total. The molecule has 4 rings (SSSR count). The normalized spacial score (nSPS) is 17.6. The molecule has 0 saturated carbocycles. The van der Waals surface area contributed by atoms with Gasteiger partial charge in [0.1, 0.15) is 5.75 Å². The molecule has 0 amide bonds. The van der Waals surface area contributed by atoms with Gasteiger partial charge in [-0.25, -0.2) is 0 Å². The van der Waals surface area contributed by atoms with Gasteiger partial charge in [-0.3, -0.25) is 9.78 Å². The highest BCUT2D eigenvalue weighted by Gasteiger charge is 2.35. The second-order valence-corrected chi connectivity index (χ2v) is 5.96. The van der Waals surface area contributed by atoms with Gasteiger partial charge in [0.2, 0.25) is 0 Å². The number of ether oxygens (including phenoxy) is 1. The third-order valence-corrected chi connectivity index (χ3v) is 4.19. The summed E-state index contributed by atoms with van der Waals surface area (Å²) in [5.74, 6) is 0.503. The fourth-order valence-electron chi connectivity index (χ4n) is 2.70. The van der Waals surface area contributed by atoms with E-state index in [-0.39, 0.29) is 17.7 Å². The summed E-state index contributed by atoms with van der Waals surface area (Å²) in [5.41, 5.74) is 1.89. The molecule has 132 valence electrons. The first-order valence-corrected chi connectivity index (χ1v) is 8.84. The molecule has 3 aromatic rings. The fraction of sp³-hybridized carbons (Fsp3) is 0.143. The van der Waals surface area contributed by atoms with Crippen molar-refractivity contribution >= 4 is 23.1 Å². The first-order valence-electron chi connectivity index (χ1n) is 8.30. The second kappa shape index (κ2) is 9.02. The lowest BCUT2D eigenvalue weighted by Gasteiger charge is -2.34. The predicted octanol–water partition coefficient (Wildman–Crippen LogP) is 4.49. The maximum atomic E-state index is 12.1. The number of hydrogen-bond acceptors (Lipinski definition) is 4. The zero-order valence-corrected chi connectivity index (χ0v) is 14.8. The van der Waals surface area contributed by atoms with Crippen LogP contribution in [0, 0.1) is 0 Å². The molecule has 2 unspecified atom stereocenters. The summed E-state index contributed by atoms with van der Waals surface area (Å²) >= 11 is 5.71. The third-order valence-electron chi connectivity index (χ3n) is 3.93. The van der Waals surface area contributed by atoms with Crippen LogP contribution in [-0.4, -0.2) is 22.8 Å². The highest BCUT2D eigenvalue weighted by molar-refractivity contribution is 6.28. The molecule has 4 nitrogen and oxygen atoms in total. The van der Waals surface area contributed by atoms with Crippen LogP contribution in [0.25, 0.3) is 0 Å². The van der Waals surface area contributed by atoms with Crippen molar-refractivity contribution in [3.63, 3.8) is 0 Å². The van der Waals surface area contributed by atoms with Crippen molar-refractivity contribution in [2.45, 2.75) is 12.1 Å². The Morgan fingerprint density at radius 2 is 1.62 bits per heavy atom. The van der Waals surface area contributed by atoms with E-state index in [1.807, 2.05) is 72.8 Å². The van der Waals surface area contributed by atoms with Crippen molar-refractivity contribution in [1.29, 1.82) is 0 Å². The van der Waals surface area contributed by atoms with Crippen LogP contribution in [0.1, 0.15) is 11.6 Å². The Morgan fingerprint density at radius 1 is 0.962 bits per heavy atom. The van der Waals surface area contributed by atoms with Crippen LogP contribution in [0.3, 0.4) is 0 Å². The first kappa shape index (κ1) is 18.0. The van der Waals surface area contributed by atoms with Gasteiger partial charge in [-0.05, 0) is 29.8 Å². The van der Waals surface area contributed by atoms with Gasteiger partial charge < -0.3 is 10.1 Å². The third kappa shape index (κ3) is 4.41. The van der Waals surface area contributed by atoms with E-state index in [1.54, 1.807) is 12.4 Å². The van der Waals surface area contributed by atoms with Gasteiger partial charge in [0.25, 0.3) is 0 Å². The quantitative estimate of drug-likeness (QED) is 0.694. The zero-order valence-electron chi connectivity index (χ0n) is 14.1. The molecular weight excluding hydrogens is 348 g/mol. The van der Waals surface area contributed by atoms with E-state index in [1.165, 1.54) is 0 Å². The van der Waals surface area contributed by atoms with Crippen LogP contribution in [-0.2, 0) is 4.79 Å². The fourth-order valence-corrected chi connectivity index (χ4v) is 2.85. The number of Topliss-reactive ketones (excluding diaryl/α,β-unsaturated/α-hetero) is 1. The molecule has 0 bridgehead atoms. The van der Waals surface area contributed by atoms with Crippen LogP contribution < -0.4 is 10.1 Å². The molecule has 1 aliphatic rings. The van der Waals surface area contributed by atoms with Crippen LogP contribution in [0.15, 0.2) is 85.2 Å². The van der Waals surface area contributed by atoms with Gasteiger partial charge in [-0.1, -0.05) is 48.5 Å². The Labute approximate surface area is 157 Å².